The Morgan fingerprint density at radius 3 is 3.06 bits per heavy atom. The van der Waals surface area contributed by atoms with Crippen LogP contribution in [0.1, 0.15) is 5.56 Å². The average molecular weight is 310 g/mol. The zero-order valence-corrected chi connectivity index (χ0v) is 10.7. The molecule has 0 bridgehead atoms. The molecule has 4 nitrogen and oxygen atoms in total. The van der Waals surface area contributed by atoms with E-state index in [1.807, 2.05) is 0 Å². The highest BCUT2D eigenvalue weighted by molar-refractivity contribution is 9.10. The second kappa shape index (κ2) is 5.59. The monoisotopic (exact) mass is 309 g/mol. The topological polar surface area (TPSA) is 57.8 Å². The Hall–Kier alpha value is -1.95. The van der Waals surface area contributed by atoms with Crippen molar-refractivity contribution in [3.63, 3.8) is 0 Å². The molecule has 1 aromatic heterocycles. The summed E-state index contributed by atoms with van der Waals surface area (Å²) in [6, 6.07) is 4.51. The summed E-state index contributed by atoms with van der Waals surface area (Å²) in [4.78, 5) is 18.1. The van der Waals surface area contributed by atoms with Gasteiger partial charge >= 0.3 is 0 Å². The van der Waals surface area contributed by atoms with Gasteiger partial charge in [-0.1, -0.05) is 15.9 Å². The van der Waals surface area contributed by atoms with Crippen LogP contribution in [0.25, 0.3) is 6.08 Å². The van der Waals surface area contributed by atoms with E-state index in [9.17, 15) is 9.18 Å². The van der Waals surface area contributed by atoms with E-state index in [2.05, 4.69) is 31.2 Å². The molecule has 0 spiro atoms. The maximum atomic E-state index is 13.4. The average Bonchev–Trinajstić information content (AvgIpc) is 2.83. The summed E-state index contributed by atoms with van der Waals surface area (Å²) in [5, 5.41) is 2.50. The number of aromatic amines is 1. The lowest BCUT2D eigenvalue weighted by Crippen LogP contribution is -2.08. The number of H-pyrrole nitrogens is 1. The number of imidazole rings is 1. The van der Waals surface area contributed by atoms with Crippen LogP contribution in [0.3, 0.4) is 0 Å². The van der Waals surface area contributed by atoms with Crippen LogP contribution < -0.4 is 5.32 Å². The van der Waals surface area contributed by atoms with Crippen LogP contribution in [-0.2, 0) is 4.79 Å². The number of nitrogens with zero attached hydrogens (tertiary/aromatic N) is 1. The summed E-state index contributed by atoms with van der Waals surface area (Å²) in [6.07, 6.45) is 5.76. The molecule has 0 saturated carbocycles. The van der Waals surface area contributed by atoms with Crippen molar-refractivity contribution in [3.05, 3.63) is 52.5 Å². The Bertz CT molecular complexity index is 581. The number of hydrogen-bond donors (Lipinski definition) is 2. The molecule has 0 saturated heterocycles. The van der Waals surface area contributed by atoms with Crippen molar-refractivity contribution < 1.29 is 9.18 Å². The molecule has 0 aliphatic carbocycles. The van der Waals surface area contributed by atoms with Crippen molar-refractivity contribution in [2.45, 2.75) is 0 Å². The quantitative estimate of drug-likeness (QED) is 0.856. The third-order valence-corrected chi connectivity index (χ3v) is 2.61. The molecule has 92 valence electrons. The minimum absolute atomic E-state index is 0.332. The number of aromatic nitrogens is 2. The lowest BCUT2D eigenvalue weighted by atomic mass is 10.2. The highest BCUT2D eigenvalue weighted by Gasteiger charge is 2.02. The summed E-state index contributed by atoms with van der Waals surface area (Å²) in [5.41, 5.74) is 0.332. The molecule has 0 radical (unpaired) electrons. The van der Waals surface area contributed by atoms with E-state index in [0.29, 0.717) is 11.5 Å². The van der Waals surface area contributed by atoms with Gasteiger partial charge in [-0.3, -0.25) is 10.1 Å². The molecule has 0 aliphatic heterocycles. The van der Waals surface area contributed by atoms with Crippen molar-refractivity contribution in [2.24, 2.45) is 0 Å². The zero-order valence-electron chi connectivity index (χ0n) is 9.15. The van der Waals surface area contributed by atoms with Gasteiger partial charge in [-0.2, -0.15) is 0 Å². The number of hydrogen-bond acceptors (Lipinski definition) is 2. The molecule has 1 aromatic carbocycles. The minimum atomic E-state index is -0.389. The molecular formula is C12H9BrFN3O. The number of nitrogens with one attached hydrogen (secondary N) is 2. The maximum absolute atomic E-state index is 13.4. The molecule has 18 heavy (non-hydrogen) atoms. The van der Waals surface area contributed by atoms with Gasteiger partial charge in [0.2, 0.25) is 5.95 Å². The lowest BCUT2D eigenvalue weighted by molar-refractivity contribution is -0.111. The van der Waals surface area contributed by atoms with Gasteiger partial charge in [0.05, 0.1) is 0 Å². The summed E-state index contributed by atoms with van der Waals surface area (Å²) in [7, 11) is 0. The number of amides is 1. The van der Waals surface area contributed by atoms with Crippen molar-refractivity contribution in [1.82, 2.24) is 9.97 Å². The van der Waals surface area contributed by atoms with E-state index in [0.717, 1.165) is 4.47 Å². The van der Waals surface area contributed by atoms with Crippen molar-refractivity contribution >= 4 is 33.9 Å². The van der Waals surface area contributed by atoms with Crippen LogP contribution in [0.15, 0.2) is 41.1 Å². The van der Waals surface area contributed by atoms with Gasteiger partial charge in [-0.05, 0) is 24.3 Å². The highest BCUT2D eigenvalue weighted by atomic mass is 79.9. The fourth-order valence-electron chi connectivity index (χ4n) is 1.30. The lowest BCUT2D eigenvalue weighted by Gasteiger charge is -1.98. The van der Waals surface area contributed by atoms with Gasteiger partial charge in [-0.15, -0.1) is 0 Å². The van der Waals surface area contributed by atoms with Crippen LogP contribution in [0, 0.1) is 5.82 Å². The Morgan fingerprint density at radius 2 is 2.33 bits per heavy atom. The predicted octanol–water partition coefficient (Wildman–Crippen LogP) is 2.96. The fraction of sp³-hybridized carbons (Fsp3) is 0. The van der Waals surface area contributed by atoms with E-state index in [4.69, 9.17) is 0 Å². The Balaban J connectivity index is 2.06. The number of carbonyl (C=O) groups is 1. The molecule has 1 heterocycles. The first kappa shape index (κ1) is 12.5. The van der Waals surface area contributed by atoms with Crippen LogP contribution >= 0.6 is 15.9 Å². The molecule has 0 unspecified atom stereocenters. The fourth-order valence-corrected chi connectivity index (χ4v) is 1.68. The third kappa shape index (κ3) is 3.27. The van der Waals surface area contributed by atoms with Crippen LogP contribution in [-0.4, -0.2) is 15.9 Å². The van der Waals surface area contributed by atoms with Gasteiger partial charge in [0.1, 0.15) is 5.82 Å². The first-order chi connectivity index (χ1) is 8.65. The number of anilines is 1. The van der Waals surface area contributed by atoms with E-state index >= 15 is 0 Å². The molecular weight excluding hydrogens is 301 g/mol. The normalized spacial score (nSPS) is 10.8. The summed E-state index contributed by atoms with van der Waals surface area (Å²) >= 11 is 3.24. The highest BCUT2D eigenvalue weighted by Crippen LogP contribution is 2.16. The first-order valence-electron chi connectivity index (χ1n) is 5.08. The van der Waals surface area contributed by atoms with Gasteiger partial charge in [0.15, 0.2) is 0 Å². The molecule has 0 atom stereocenters. The molecule has 2 N–H and O–H groups in total. The van der Waals surface area contributed by atoms with Gasteiger partial charge in [-0.25, -0.2) is 9.37 Å². The summed E-state index contributed by atoms with van der Waals surface area (Å²) < 4.78 is 14.1. The summed E-state index contributed by atoms with van der Waals surface area (Å²) in [6.45, 7) is 0. The summed E-state index contributed by atoms with van der Waals surface area (Å²) in [5.74, 6) is -0.427. The molecule has 1 amide bonds. The Morgan fingerprint density at radius 1 is 1.50 bits per heavy atom. The number of benzene rings is 1. The Kier molecular flexibility index (Phi) is 3.88. The van der Waals surface area contributed by atoms with Crippen molar-refractivity contribution in [2.75, 3.05) is 5.32 Å². The number of rotatable bonds is 3. The van der Waals surface area contributed by atoms with Crippen LogP contribution in [0.5, 0.6) is 0 Å². The van der Waals surface area contributed by atoms with Gasteiger partial charge in [0.25, 0.3) is 5.91 Å². The number of carbonyl (C=O) groups excluding carboxylic acids is 1. The second-order valence-corrected chi connectivity index (χ2v) is 4.34. The van der Waals surface area contributed by atoms with Gasteiger partial charge in [0, 0.05) is 28.5 Å². The van der Waals surface area contributed by atoms with Crippen molar-refractivity contribution in [3.8, 4) is 0 Å². The molecule has 0 aliphatic rings. The molecule has 2 rings (SSSR count). The van der Waals surface area contributed by atoms with E-state index in [-0.39, 0.29) is 11.7 Å². The minimum Gasteiger partial charge on any atom is -0.331 e. The van der Waals surface area contributed by atoms with Gasteiger partial charge < -0.3 is 4.98 Å². The van der Waals surface area contributed by atoms with E-state index in [1.54, 1.807) is 18.3 Å². The zero-order chi connectivity index (χ0) is 13.0. The molecule has 0 fully saturated rings. The molecule has 6 heteroatoms. The predicted molar refractivity (Wildman–Crippen MR) is 70.4 cm³/mol. The molecule has 2 aromatic rings. The van der Waals surface area contributed by atoms with E-state index < -0.39 is 0 Å². The van der Waals surface area contributed by atoms with Crippen molar-refractivity contribution in [1.29, 1.82) is 0 Å². The Labute approximate surface area is 111 Å². The van der Waals surface area contributed by atoms with Crippen LogP contribution in [0.4, 0.5) is 10.3 Å². The maximum Gasteiger partial charge on any atom is 0.250 e. The van der Waals surface area contributed by atoms with Crippen LogP contribution in [0.2, 0.25) is 0 Å². The third-order valence-electron chi connectivity index (χ3n) is 2.11. The standard InChI is InChI=1S/C12H9BrFN3O/c13-9-2-3-10(14)8(7-9)1-4-11(18)17-12-15-5-6-16-12/h1-7H,(H2,15,16,17,18)/b4-1+. The van der Waals surface area contributed by atoms with E-state index in [1.165, 1.54) is 24.4 Å². The number of halogens is 2. The second-order valence-electron chi connectivity index (χ2n) is 3.43. The smallest absolute Gasteiger partial charge is 0.250 e. The first-order valence-corrected chi connectivity index (χ1v) is 5.88. The SMILES string of the molecule is O=C(/C=C/c1cc(Br)ccc1F)Nc1ncc[nH]1. The largest absolute Gasteiger partial charge is 0.331 e.